The zero-order valence-electron chi connectivity index (χ0n) is 9.92. The molecule has 0 aliphatic rings. The van der Waals surface area contributed by atoms with Gasteiger partial charge in [0.05, 0.1) is 18.0 Å². The third-order valence-corrected chi connectivity index (χ3v) is 2.62. The van der Waals surface area contributed by atoms with Gasteiger partial charge in [0.25, 0.3) is 0 Å². The van der Waals surface area contributed by atoms with E-state index in [9.17, 15) is 18.0 Å². The average Bonchev–Trinajstić information content (AvgIpc) is 2.37. The predicted molar refractivity (Wildman–Crippen MR) is 59.4 cm³/mol. The predicted octanol–water partition coefficient (Wildman–Crippen LogP) is 2.72. The molecule has 0 fully saturated rings. The Morgan fingerprint density at radius 3 is 2.16 bits per heavy atom. The number of nitriles is 2. The highest BCUT2D eigenvalue weighted by Gasteiger charge is 2.42. The molecule has 0 amide bonds. The summed E-state index contributed by atoms with van der Waals surface area (Å²) in [5, 5.41) is 17.8. The van der Waals surface area contributed by atoms with E-state index in [4.69, 9.17) is 26.9 Å². The zero-order valence-corrected chi connectivity index (χ0v) is 10.7. The molecule has 1 atom stereocenters. The lowest BCUT2D eigenvalue weighted by Crippen LogP contribution is -2.27. The highest BCUT2D eigenvalue weighted by atomic mass is 35.5. The van der Waals surface area contributed by atoms with Gasteiger partial charge in [-0.15, -0.1) is 11.6 Å². The first-order valence-corrected chi connectivity index (χ1v) is 5.65. The van der Waals surface area contributed by atoms with E-state index in [1.807, 2.05) is 0 Å². The molecule has 0 radical (unpaired) electrons. The summed E-state index contributed by atoms with van der Waals surface area (Å²) in [4.78, 5) is 10.7. The Morgan fingerprint density at radius 1 is 1.32 bits per heavy atom. The molecule has 0 aromatic rings. The number of carbonyl (C=O) groups excluding carboxylic acids is 1. The van der Waals surface area contributed by atoms with Gasteiger partial charge in [-0.05, 0) is 13.3 Å². The number of alkyl halides is 4. The summed E-state index contributed by atoms with van der Waals surface area (Å²) in [5.74, 6) is 0.393. The molecule has 0 aliphatic heterocycles. The van der Waals surface area contributed by atoms with Crippen LogP contribution in [-0.2, 0) is 9.53 Å². The van der Waals surface area contributed by atoms with Crippen LogP contribution in [0.25, 0.3) is 0 Å². The maximum Gasteiger partial charge on any atom is 0.389 e. The normalized spacial score (nSPS) is 12.8. The van der Waals surface area contributed by atoms with E-state index in [2.05, 4.69) is 0 Å². The van der Waals surface area contributed by atoms with Crippen LogP contribution in [-0.4, -0.2) is 24.1 Å². The molecule has 0 rings (SSSR count). The second kappa shape index (κ2) is 7.04. The van der Waals surface area contributed by atoms with Gasteiger partial charge in [-0.25, -0.2) is 4.79 Å². The first-order chi connectivity index (χ1) is 8.74. The van der Waals surface area contributed by atoms with Gasteiger partial charge >= 0.3 is 6.18 Å². The monoisotopic (exact) mass is 294 g/mol. The van der Waals surface area contributed by atoms with Gasteiger partial charge in [-0.1, -0.05) is 0 Å². The number of ether oxygens (including phenoxy) is 1. The number of rotatable bonds is 6. The molecule has 4 nitrogen and oxygen atoms in total. The van der Waals surface area contributed by atoms with Crippen LogP contribution in [0.15, 0.2) is 5.76 Å². The quantitative estimate of drug-likeness (QED) is 0.429. The molecule has 0 bridgehead atoms. The molecule has 0 heterocycles. The van der Waals surface area contributed by atoms with Gasteiger partial charge in [0, 0.05) is 6.42 Å². The lowest BCUT2D eigenvalue weighted by atomic mass is 9.84. The largest absolute Gasteiger partial charge is 0.480 e. The Morgan fingerprint density at radius 2 is 1.84 bits per heavy atom. The molecule has 0 aromatic carbocycles. The van der Waals surface area contributed by atoms with Crippen molar-refractivity contribution in [3.8, 4) is 12.1 Å². The van der Waals surface area contributed by atoms with Crippen molar-refractivity contribution in [2.24, 2.45) is 5.41 Å². The Kier molecular flexibility index (Phi) is 6.41. The maximum absolute atomic E-state index is 12.2. The van der Waals surface area contributed by atoms with Gasteiger partial charge in [0.15, 0.2) is 5.94 Å². The van der Waals surface area contributed by atoms with Crippen LogP contribution < -0.4 is 0 Å². The first kappa shape index (κ1) is 17.3. The van der Waals surface area contributed by atoms with Crippen molar-refractivity contribution < 1.29 is 22.7 Å². The van der Waals surface area contributed by atoms with E-state index in [1.165, 1.54) is 25.0 Å². The summed E-state index contributed by atoms with van der Waals surface area (Å²) in [7, 11) is 0. The molecule has 1 unspecified atom stereocenters. The van der Waals surface area contributed by atoms with E-state index in [1.54, 1.807) is 0 Å². The van der Waals surface area contributed by atoms with Crippen LogP contribution in [0, 0.1) is 28.1 Å². The van der Waals surface area contributed by atoms with Gasteiger partial charge in [-0.3, -0.25) is 0 Å². The number of hydrogen-bond acceptors (Lipinski definition) is 4. The number of allylic oxidation sites excluding steroid dienone is 1. The molecule has 0 N–H and O–H groups in total. The molecular weight excluding hydrogens is 285 g/mol. The Labute approximate surface area is 113 Å². The summed E-state index contributed by atoms with van der Waals surface area (Å²) in [6, 6.07) is 2.78. The minimum Gasteiger partial charge on any atom is -0.480 e. The van der Waals surface area contributed by atoms with Gasteiger partial charge in [0.2, 0.25) is 11.2 Å². The minimum atomic E-state index is -4.55. The Balaban J connectivity index is 5.23. The van der Waals surface area contributed by atoms with Crippen LogP contribution in [0.3, 0.4) is 0 Å². The maximum atomic E-state index is 12.2. The van der Waals surface area contributed by atoms with Crippen molar-refractivity contribution >= 4 is 17.5 Å². The summed E-state index contributed by atoms with van der Waals surface area (Å²) >= 11 is 5.43. The Bertz CT molecular complexity index is 430. The van der Waals surface area contributed by atoms with E-state index in [0.29, 0.717) is 0 Å². The lowest BCUT2D eigenvalue weighted by molar-refractivity contribution is -0.138. The molecule has 0 aromatic heterocycles. The average molecular weight is 295 g/mol. The van der Waals surface area contributed by atoms with Gasteiger partial charge in [-0.2, -0.15) is 23.7 Å². The number of halogens is 4. The van der Waals surface area contributed by atoms with E-state index in [-0.39, 0.29) is 5.88 Å². The third kappa shape index (κ3) is 5.21. The molecule has 104 valence electrons. The van der Waals surface area contributed by atoms with E-state index in [0.717, 1.165) is 0 Å². The van der Waals surface area contributed by atoms with E-state index >= 15 is 0 Å². The smallest absolute Gasteiger partial charge is 0.389 e. The van der Waals surface area contributed by atoms with Crippen molar-refractivity contribution in [3.63, 3.8) is 0 Å². The van der Waals surface area contributed by atoms with Crippen LogP contribution >= 0.6 is 11.6 Å². The molecule has 0 spiro atoms. The van der Waals surface area contributed by atoms with Crippen LogP contribution in [0.2, 0.25) is 0 Å². The molecular formula is C11H10ClF3N2O2. The summed E-state index contributed by atoms with van der Waals surface area (Å²) < 4.78 is 41.4. The fraction of sp³-hybridized carbons (Fsp3) is 0.636. The lowest BCUT2D eigenvalue weighted by Gasteiger charge is -2.22. The second-order valence-electron chi connectivity index (χ2n) is 3.76. The third-order valence-electron chi connectivity index (χ3n) is 2.18. The van der Waals surface area contributed by atoms with Crippen molar-refractivity contribution in [3.05, 3.63) is 5.76 Å². The molecule has 8 heteroatoms. The fourth-order valence-electron chi connectivity index (χ4n) is 1.13. The molecule has 19 heavy (non-hydrogen) atoms. The second-order valence-corrected chi connectivity index (χ2v) is 4.07. The highest BCUT2D eigenvalue weighted by molar-refractivity contribution is 6.18. The fourth-order valence-corrected chi connectivity index (χ4v) is 1.19. The van der Waals surface area contributed by atoms with Gasteiger partial charge < -0.3 is 4.74 Å². The number of nitrogens with zero attached hydrogens (tertiary/aromatic N) is 2. The van der Waals surface area contributed by atoms with Crippen LogP contribution in [0.4, 0.5) is 13.2 Å². The minimum absolute atomic E-state index is 0.0581. The van der Waals surface area contributed by atoms with Crippen molar-refractivity contribution in [2.75, 3.05) is 5.88 Å². The molecule has 0 aliphatic carbocycles. The highest BCUT2D eigenvalue weighted by Crippen LogP contribution is 2.35. The summed E-state index contributed by atoms with van der Waals surface area (Å²) in [5.41, 5.74) is -2.31. The summed E-state index contributed by atoms with van der Waals surface area (Å²) in [6.45, 7) is 1.44. The summed E-state index contributed by atoms with van der Waals surface area (Å²) in [6.07, 6.45) is -7.57. The topological polar surface area (TPSA) is 73.9 Å². The zero-order chi connectivity index (χ0) is 15.1. The molecule has 0 saturated heterocycles. The SMILES string of the molecule is CC(CCl)OC(=C=O)C(C#N)(C#N)CCC(F)(F)F. The van der Waals surface area contributed by atoms with Crippen molar-refractivity contribution in [1.29, 1.82) is 10.5 Å². The van der Waals surface area contributed by atoms with Crippen LogP contribution in [0.1, 0.15) is 19.8 Å². The van der Waals surface area contributed by atoms with Crippen molar-refractivity contribution in [2.45, 2.75) is 32.0 Å². The van der Waals surface area contributed by atoms with Gasteiger partial charge in [0.1, 0.15) is 6.10 Å². The molecule has 0 saturated carbocycles. The Hall–Kier alpha value is -1.69. The first-order valence-electron chi connectivity index (χ1n) is 5.12. The standard InChI is InChI=1S/C11H10ClF3N2O2/c1-8(4-12)19-9(5-18)10(6-16,7-17)2-3-11(13,14)15/h8H,2-4H2,1H3. The number of hydrogen-bond donors (Lipinski definition) is 0. The van der Waals surface area contributed by atoms with Crippen molar-refractivity contribution in [1.82, 2.24) is 0 Å². The van der Waals surface area contributed by atoms with Crippen LogP contribution in [0.5, 0.6) is 0 Å². The van der Waals surface area contributed by atoms with E-state index < -0.39 is 36.3 Å².